The number of piperidine rings is 1. The molecule has 2 saturated heterocycles. The van der Waals surface area contributed by atoms with Gasteiger partial charge in [0, 0.05) is 12.6 Å². The number of nitrogens with two attached hydrogens (primary N) is 1. The second-order valence-electron chi connectivity index (χ2n) is 4.78. The van der Waals surface area contributed by atoms with Gasteiger partial charge in [0.1, 0.15) is 0 Å². The van der Waals surface area contributed by atoms with Gasteiger partial charge in [-0.1, -0.05) is 0 Å². The molecule has 15 heavy (non-hydrogen) atoms. The zero-order valence-corrected chi connectivity index (χ0v) is 8.95. The molecule has 2 aliphatic heterocycles. The van der Waals surface area contributed by atoms with E-state index in [9.17, 15) is 15.3 Å². The first-order valence-electron chi connectivity index (χ1n) is 5.56. The summed E-state index contributed by atoms with van der Waals surface area (Å²) in [7, 11) is 0. The predicted molar refractivity (Wildman–Crippen MR) is 55.1 cm³/mol. The summed E-state index contributed by atoms with van der Waals surface area (Å²) in [6, 6.07) is -0.104. The maximum atomic E-state index is 9.92. The quantitative estimate of drug-likeness (QED) is 0.412. The Balaban J connectivity index is 2.18. The van der Waals surface area contributed by atoms with Crippen LogP contribution in [0.3, 0.4) is 0 Å². The van der Waals surface area contributed by atoms with E-state index >= 15 is 0 Å². The maximum Gasteiger partial charge on any atom is 0.0991 e. The van der Waals surface area contributed by atoms with Crippen LogP contribution in [0.5, 0.6) is 0 Å². The van der Waals surface area contributed by atoms with Gasteiger partial charge in [0.2, 0.25) is 0 Å². The van der Waals surface area contributed by atoms with Gasteiger partial charge in [-0.15, -0.1) is 0 Å². The fraction of sp³-hybridized carbons (Fsp3) is 1.00. The predicted octanol–water partition coefficient (Wildman–Crippen LogP) is -1.88. The molecule has 0 amide bonds. The molecule has 5 N–H and O–H groups in total. The monoisotopic (exact) mass is 216 g/mol. The molecule has 5 nitrogen and oxygen atoms in total. The lowest BCUT2D eigenvalue weighted by atomic mass is 9.84. The Morgan fingerprint density at radius 1 is 1.27 bits per heavy atom. The molecule has 6 atom stereocenters. The second-order valence-corrected chi connectivity index (χ2v) is 4.78. The number of aliphatic hydroxyl groups is 3. The van der Waals surface area contributed by atoms with Gasteiger partial charge in [-0.2, -0.15) is 0 Å². The number of nitrogens with zero attached hydrogens (tertiary/aromatic N) is 1. The first-order valence-corrected chi connectivity index (χ1v) is 5.56. The van der Waals surface area contributed by atoms with Crippen LogP contribution in [0.25, 0.3) is 0 Å². The summed E-state index contributed by atoms with van der Waals surface area (Å²) in [6.07, 6.45) is -1.55. The maximum absolute atomic E-state index is 9.92. The van der Waals surface area contributed by atoms with Gasteiger partial charge in [0.15, 0.2) is 0 Å². The van der Waals surface area contributed by atoms with Crippen molar-refractivity contribution in [3.63, 3.8) is 0 Å². The number of aliphatic hydroxyl groups excluding tert-OH is 3. The van der Waals surface area contributed by atoms with Gasteiger partial charge >= 0.3 is 0 Å². The molecule has 2 heterocycles. The molecule has 2 unspecified atom stereocenters. The van der Waals surface area contributed by atoms with Gasteiger partial charge in [-0.05, 0) is 25.8 Å². The largest absolute Gasteiger partial charge is 0.391 e. The molecular weight excluding hydrogens is 196 g/mol. The van der Waals surface area contributed by atoms with E-state index in [0.717, 1.165) is 0 Å². The highest BCUT2D eigenvalue weighted by Gasteiger charge is 2.50. The van der Waals surface area contributed by atoms with Gasteiger partial charge < -0.3 is 21.1 Å². The van der Waals surface area contributed by atoms with Crippen molar-refractivity contribution in [1.29, 1.82) is 0 Å². The van der Waals surface area contributed by atoms with E-state index in [1.54, 1.807) is 0 Å². The molecule has 0 aliphatic carbocycles. The van der Waals surface area contributed by atoms with Crippen molar-refractivity contribution in [2.45, 2.75) is 43.7 Å². The number of hydrogen-bond acceptors (Lipinski definition) is 5. The van der Waals surface area contributed by atoms with Crippen molar-refractivity contribution in [1.82, 2.24) is 4.90 Å². The van der Waals surface area contributed by atoms with Crippen LogP contribution in [0, 0.1) is 5.92 Å². The highest BCUT2D eigenvalue weighted by Crippen LogP contribution is 2.34. The summed E-state index contributed by atoms with van der Waals surface area (Å²) in [5, 5.41) is 29.3. The van der Waals surface area contributed by atoms with Crippen LogP contribution in [-0.4, -0.2) is 63.7 Å². The Labute approximate surface area is 89.5 Å². The average molecular weight is 216 g/mol. The van der Waals surface area contributed by atoms with Crippen LogP contribution in [0.2, 0.25) is 0 Å². The Morgan fingerprint density at radius 3 is 2.53 bits per heavy atom. The number of hydrogen-bond donors (Lipinski definition) is 4. The molecule has 0 spiro atoms. The van der Waals surface area contributed by atoms with E-state index in [0.29, 0.717) is 19.5 Å². The normalized spacial score (nSPS) is 51.8. The van der Waals surface area contributed by atoms with Crippen LogP contribution in [0.4, 0.5) is 0 Å². The lowest BCUT2D eigenvalue weighted by Gasteiger charge is -2.44. The van der Waals surface area contributed by atoms with E-state index in [-0.39, 0.29) is 18.0 Å². The van der Waals surface area contributed by atoms with Crippen molar-refractivity contribution in [3.05, 3.63) is 0 Å². The van der Waals surface area contributed by atoms with Crippen LogP contribution < -0.4 is 5.73 Å². The minimum absolute atomic E-state index is 0.218. The third kappa shape index (κ3) is 1.68. The Bertz CT molecular complexity index is 239. The molecule has 88 valence electrons. The summed E-state index contributed by atoms with van der Waals surface area (Å²) in [4.78, 5) is 1.99. The number of fused-ring (bicyclic) bond motifs is 1. The van der Waals surface area contributed by atoms with E-state index < -0.39 is 18.3 Å². The van der Waals surface area contributed by atoms with Crippen molar-refractivity contribution in [3.8, 4) is 0 Å². The lowest BCUT2D eigenvalue weighted by molar-refractivity contribution is -0.0610. The summed E-state index contributed by atoms with van der Waals surface area (Å²) < 4.78 is 0. The van der Waals surface area contributed by atoms with E-state index in [2.05, 4.69) is 0 Å². The molecule has 0 aromatic heterocycles. The van der Waals surface area contributed by atoms with Crippen molar-refractivity contribution >= 4 is 0 Å². The molecule has 0 aromatic carbocycles. The van der Waals surface area contributed by atoms with Crippen molar-refractivity contribution < 1.29 is 15.3 Å². The Kier molecular flexibility index (Phi) is 3.00. The van der Waals surface area contributed by atoms with E-state index in [4.69, 9.17) is 5.73 Å². The molecule has 2 rings (SSSR count). The SMILES string of the molecule is CC1C(CN)C[C@@H](O)[C@@H]2[C@H](O)[C@H](O)CN12. The standard InChI is InChI=1S/C10H20N2O3/c1-5-6(3-11)2-7(13)9-10(15)8(14)4-12(5)9/h5-10,13-15H,2-4,11H2,1H3/t5?,6?,7-,8-,9-,10-/m1/s1. The lowest BCUT2D eigenvalue weighted by Crippen LogP contribution is -2.57. The molecule has 0 aromatic rings. The third-order valence-electron chi connectivity index (χ3n) is 3.97. The molecule has 0 radical (unpaired) electrons. The topological polar surface area (TPSA) is 90.0 Å². The summed E-state index contributed by atoms with van der Waals surface area (Å²) in [5.74, 6) is 0.244. The molecular formula is C10H20N2O3. The van der Waals surface area contributed by atoms with Crippen LogP contribution >= 0.6 is 0 Å². The molecule has 0 saturated carbocycles. The summed E-state index contributed by atoms with van der Waals surface area (Å²) in [5.41, 5.74) is 5.65. The molecule has 5 heteroatoms. The average Bonchev–Trinajstić information content (AvgIpc) is 2.50. The van der Waals surface area contributed by atoms with Gasteiger partial charge in [-0.25, -0.2) is 0 Å². The summed E-state index contributed by atoms with van der Waals surface area (Å²) in [6.45, 7) is 3.01. The van der Waals surface area contributed by atoms with E-state index in [1.165, 1.54) is 0 Å². The minimum Gasteiger partial charge on any atom is -0.391 e. The van der Waals surface area contributed by atoms with Crippen molar-refractivity contribution in [2.75, 3.05) is 13.1 Å². The first-order chi connectivity index (χ1) is 7.06. The molecule has 2 aliphatic rings. The van der Waals surface area contributed by atoms with Crippen LogP contribution in [0.1, 0.15) is 13.3 Å². The highest BCUT2D eigenvalue weighted by molar-refractivity contribution is 5.04. The van der Waals surface area contributed by atoms with Gasteiger partial charge in [-0.3, -0.25) is 4.90 Å². The highest BCUT2D eigenvalue weighted by atomic mass is 16.3. The summed E-state index contributed by atoms with van der Waals surface area (Å²) >= 11 is 0. The fourth-order valence-corrected chi connectivity index (χ4v) is 2.97. The van der Waals surface area contributed by atoms with Crippen molar-refractivity contribution in [2.24, 2.45) is 11.7 Å². The van der Waals surface area contributed by atoms with Crippen LogP contribution in [-0.2, 0) is 0 Å². The number of rotatable bonds is 1. The molecule has 2 fully saturated rings. The third-order valence-corrected chi connectivity index (χ3v) is 3.97. The second kappa shape index (κ2) is 3.99. The zero-order chi connectivity index (χ0) is 11.2. The van der Waals surface area contributed by atoms with E-state index in [1.807, 2.05) is 11.8 Å². The smallest absolute Gasteiger partial charge is 0.0991 e. The molecule has 0 bridgehead atoms. The zero-order valence-electron chi connectivity index (χ0n) is 8.95. The first kappa shape index (κ1) is 11.3. The Morgan fingerprint density at radius 2 is 1.93 bits per heavy atom. The fourth-order valence-electron chi connectivity index (χ4n) is 2.97. The minimum atomic E-state index is -0.832. The Hall–Kier alpha value is -0.200. The van der Waals surface area contributed by atoms with Crippen LogP contribution in [0.15, 0.2) is 0 Å². The van der Waals surface area contributed by atoms with Gasteiger partial charge in [0.05, 0.1) is 24.4 Å². The van der Waals surface area contributed by atoms with Gasteiger partial charge in [0.25, 0.3) is 0 Å².